The SMILES string of the molecule is CC(C)c1ccc(N2C(=O)CS[C@H]2c2cccc(NC(=O)Cc3ccccc3)c2)cc1. The van der Waals surface area contributed by atoms with Gasteiger partial charge in [-0.15, -0.1) is 11.8 Å². The zero-order valence-corrected chi connectivity index (χ0v) is 18.6. The van der Waals surface area contributed by atoms with Gasteiger partial charge in [-0.25, -0.2) is 0 Å². The summed E-state index contributed by atoms with van der Waals surface area (Å²) in [5.74, 6) is 0.941. The largest absolute Gasteiger partial charge is 0.326 e. The molecule has 0 aliphatic carbocycles. The van der Waals surface area contributed by atoms with Crippen LogP contribution in [-0.2, 0) is 16.0 Å². The van der Waals surface area contributed by atoms with Gasteiger partial charge in [-0.1, -0.05) is 68.4 Å². The lowest BCUT2D eigenvalue weighted by Gasteiger charge is -2.25. The fourth-order valence-corrected chi connectivity index (χ4v) is 4.89. The van der Waals surface area contributed by atoms with E-state index in [0.717, 1.165) is 22.5 Å². The van der Waals surface area contributed by atoms with Crippen molar-refractivity contribution in [1.82, 2.24) is 0 Å². The molecule has 1 heterocycles. The second-order valence-electron chi connectivity index (χ2n) is 8.01. The molecule has 1 aliphatic heterocycles. The predicted molar refractivity (Wildman–Crippen MR) is 128 cm³/mol. The third-order valence-corrected chi connectivity index (χ3v) is 6.58. The Bertz CT molecular complexity index is 1060. The quantitative estimate of drug-likeness (QED) is 0.540. The highest BCUT2D eigenvalue weighted by Crippen LogP contribution is 2.42. The van der Waals surface area contributed by atoms with Gasteiger partial charge in [0.2, 0.25) is 11.8 Å². The summed E-state index contributed by atoms with van der Waals surface area (Å²) in [6.45, 7) is 4.32. The summed E-state index contributed by atoms with van der Waals surface area (Å²) in [6, 6.07) is 25.7. The van der Waals surface area contributed by atoms with E-state index in [2.05, 4.69) is 31.3 Å². The van der Waals surface area contributed by atoms with Crippen molar-refractivity contribution in [3.05, 3.63) is 95.6 Å². The molecule has 1 N–H and O–H groups in total. The molecule has 1 atom stereocenters. The molecule has 0 bridgehead atoms. The molecule has 4 nitrogen and oxygen atoms in total. The summed E-state index contributed by atoms with van der Waals surface area (Å²) in [6.07, 6.45) is 0.329. The van der Waals surface area contributed by atoms with Gasteiger partial charge in [0.25, 0.3) is 0 Å². The molecule has 0 radical (unpaired) electrons. The summed E-state index contributed by atoms with van der Waals surface area (Å²) < 4.78 is 0. The number of nitrogens with zero attached hydrogens (tertiary/aromatic N) is 1. The first-order valence-corrected chi connectivity index (χ1v) is 11.5. The van der Waals surface area contributed by atoms with Crippen LogP contribution in [0.1, 0.15) is 41.8 Å². The minimum Gasteiger partial charge on any atom is -0.326 e. The summed E-state index contributed by atoms with van der Waals surface area (Å²) in [7, 11) is 0. The Morgan fingerprint density at radius 2 is 1.77 bits per heavy atom. The first kappa shape index (κ1) is 21.2. The topological polar surface area (TPSA) is 49.4 Å². The number of carbonyl (C=O) groups excluding carboxylic acids is 2. The van der Waals surface area contributed by atoms with Crippen molar-refractivity contribution >= 4 is 35.0 Å². The van der Waals surface area contributed by atoms with Crippen molar-refractivity contribution in [3.8, 4) is 0 Å². The van der Waals surface area contributed by atoms with Crippen molar-refractivity contribution in [2.75, 3.05) is 16.0 Å². The highest BCUT2D eigenvalue weighted by Gasteiger charge is 2.34. The molecular weight excluding hydrogens is 404 g/mol. The Kier molecular flexibility index (Phi) is 6.42. The number of nitrogens with one attached hydrogen (secondary N) is 1. The molecule has 5 heteroatoms. The fraction of sp³-hybridized carbons (Fsp3) is 0.231. The number of rotatable bonds is 6. The minimum atomic E-state index is -0.108. The molecule has 0 saturated carbocycles. The van der Waals surface area contributed by atoms with E-state index >= 15 is 0 Å². The number of thioether (sulfide) groups is 1. The summed E-state index contributed by atoms with van der Waals surface area (Å²) in [4.78, 5) is 27.0. The summed E-state index contributed by atoms with van der Waals surface area (Å²) >= 11 is 1.61. The monoisotopic (exact) mass is 430 g/mol. The first-order chi connectivity index (χ1) is 15.0. The lowest BCUT2D eigenvalue weighted by atomic mass is 10.0. The smallest absolute Gasteiger partial charge is 0.238 e. The molecule has 158 valence electrons. The molecule has 31 heavy (non-hydrogen) atoms. The maximum absolute atomic E-state index is 12.7. The number of amides is 2. The third-order valence-electron chi connectivity index (χ3n) is 5.37. The van der Waals surface area contributed by atoms with Crippen molar-refractivity contribution in [3.63, 3.8) is 0 Å². The van der Waals surface area contributed by atoms with E-state index in [1.807, 2.05) is 71.6 Å². The van der Waals surface area contributed by atoms with Crippen LogP contribution < -0.4 is 10.2 Å². The van der Waals surface area contributed by atoms with Crippen LogP contribution in [0, 0.1) is 0 Å². The molecule has 0 unspecified atom stereocenters. The van der Waals surface area contributed by atoms with E-state index in [0.29, 0.717) is 18.1 Å². The Morgan fingerprint density at radius 1 is 1.03 bits per heavy atom. The molecule has 0 aromatic heterocycles. The number of hydrogen-bond donors (Lipinski definition) is 1. The van der Waals surface area contributed by atoms with Gasteiger partial charge in [-0.3, -0.25) is 14.5 Å². The van der Waals surface area contributed by atoms with E-state index in [9.17, 15) is 9.59 Å². The number of anilines is 2. The van der Waals surface area contributed by atoms with Gasteiger partial charge in [0.15, 0.2) is 0 Å². The van der Waals surface area contributed by atoms with Gasteiger partial charge in [-0.05, 0) is 46.9 Å². The molecule has 1 aliphatic rings. The average molecular weight is 431 g/mol. The van der Waals surface area contributed by atoms with Gasteiger partial charge in [0, 0.05) is 11.4 Å². The Balaban J connectivity index is 1.51. The van der Waals surface area contributed by atoms with Crippen LogP contribution in [0.4, 0.5) is 11.4 Å². The Labute approximate surface area is 187 Å². The fourth-order valence-electron chi connectivity index (χ4n) is 3.73. The van der Waals surface area contributed by atoms with Crippen molar-refractivity contribution in [1.29, 1.82) is 0 Å². The predicted octanol–water partition coefficient (Wildman–Crippen LogP) is 5.77. The molecule has 1 fully saturated rings. The van der Waals surface area contributed by atoms with E-state index in [4.69, 9.17) is 0 Å². The number of hydrogen-bond acceptors (Lipinski definition) is 3. The van der Waals surface area contributed by atoms with Crippen molar-refractivity contribution in [2.45, 2.75) is 31.6 Å². The van der Waals surface area contributed by atoms with E-state index < -0.39 is 0 Å². The zero-order valence-electron chi connectivity index (χ0n) is 17.7. The molecule has 3 aromatic rings. The molecular formula is C26H26N2O2S. The van der Waals surface area contributed by atoms with Gasteiger partial charge in [0.05, 0.1) is 12.2 Å². The second kappa shape index (κ2) is 9.40. The van der Waals surface area contributed by atoms with Crippen molar-refractivity contribution in [2.24, 2.45) is 0 Å². The zero-order chi connectivity index (χ0) is 21.8. The van der Waals surface area contributed by atoms with Gasteiger partial charge >= 0.3 is 0 Å². The van der Waals surface area contributed by atoms with E-state index in [-0.39, 0.29) is 17.2 Å². The average Bonchev–Trinajstić information content (AvgIpc) is 3.16. The second-order valence-corrected chi connectivity index (χ2v) is 9.08. The minimum absolute atomic E-state index is 0.0559. The van der Waals surface area contributed by atoms with Crippen LogP contribution >= 0.6 is 11.8 Å². The van der Waals surface area contributed by atoms with Crippen LogP contribution in [0.15, 0.2) is 78.9 Å². The van der Waals surface area contributed by atoms with Crippen molar-refractivity contribution < 1.29 is 9.59 Å². The molecule has 0 spiro atoms. The van der Waals surface area contributed by atoms with Crippen LogP contribution in [-0.4, -0.2) is 17.6 Å². The third kappa shape index (κ3) is 5.00. The summed E-state index contributed by atoms with van der Waals surface area (Å²) in [5, 5.41) is 2.88. The molecule has 4 rings (SSSR count). The first-order valence-electron chi connectivity index (χ1n) is 10.5. The molecule has 3 aromatic carbocycles. The molecule has 1 saturated heterocycles. The Hall–Kier alpha value is -3.05. The van der Waals surface area contributed by atoms with Crippen LogP contribution in [0.25, 0.3) is 0 Å². The standard InChI is InChI=1S/C26H26N2O2S/c1-18(2)20-11-13-23(14-12-20)28-25(30)17-31-26(28)21-9-6-10-22(16-21)27-24(29)15-19-7-4-3-5-8-19/h3-14,16,18,26H,15,17H2,1-2H3,(H,27,29)/t26-/m0/s1. The van der Waals surface area contributed by atoms with Crippen LogP contribution in [0.3, 0.4) is 0 Å². The van der Waals surface area contributed by atoms with Gasteiger partial charge < -0.3 is 5.32 Å². The Morgan fingerprint density at radius 3 is 2.48 bits per heavy atom. The van der Waals surface area contributed by atoms with Gasteiger partial charge in [-0.2, -0.15) is 0 Å². The molecule has 2 amide bonds. The van der Waals surface area contributed by atoms with E-state index in [1.54, 1.807) is 11.8 Å². The lowest BCUT2D eigenvalue weighted by molar-refractivity contribution is -0.116. The number of carbonyl (C=O) groups is 2. The maximum atomic E-state index is 12.7. The maximum Gasteiger partial charge on any atom is 0.238 e. The van der Waals surface area contributed by atoms with Gasteiger partial charge in [0.1, 0.15) is 5.37 Å². The lowest BCUT2D eigenvalue weighted by Crippen LogP contribution is -2.27. The van der Waals surface area contributed by atoms with E-state index in [1.165, 1.54) is 5.56 Å². The number of benzene rings is 3. The van der Waals surface area contributed by atoms with Crippen LogP contribution in [0.2, 0.25) is 0 Å². The van der Waals surface area contributed by atoms with Crippen LogP contribution in [0.5, 0.6) is 0 Å². The highest BCUT2D eigenvalue weighted by molar-refractivity contribution is 8.00. The normalized spacial score (nSPS) is 16.0. The summed E-state index contributed by atoms with van der Waals surface area (Å²) in [5.41, 5.74) is 4.88. The highest BCUT2D eigenvalue weighted by atomic mass is 32.2.